The second-order valence-corrected chi connectivity index (χ2v) is 7.83. The number of benzene rings is 1. The molecule has 0 atom stereocenters. The summed E-state index contributed by atoms with van der Waals surface area (Å²) in [5.74, 6) is 0.768. The zero-order valence-electron chi connectivity index (χ0n) is 17.1. The van der Waals surface area contributed by atoms with Gasteiger partial charge in [-0.25, -0.2) is 0 Å². The van der Waals surface area contributed by atoms with E-state index in [-0.39, 0.29) is 11.9 Å². The van der Waals surface area contributed by atoms with Crippen molar-refractivity contribution in [3.05, 3.63) is 52.8 Å². The standard InChI is InChI=1S/C22H33N3O/c1-16(2)14-25-19(6)21(18(5)23-25)12-13-22(26)24(17(3)4)15-20-10-8-7-9-11-20/h7-11,16-17H,12-15H2,1-6H3. The number of carbonyl (C=O) groups is 1. The van der Waals surface area contributed by atoms with E-state index >= 15 is 0 Å². The molecule has 1 heterocycles. The molecule has 0 saturated carbocycles. The Balaban J connectivity index is 2.05. The van der Waals surface area contributed by atoms with Crippen molar-refractivity contribution >= 4 is 5.91 Å². The molecule has 0 aliphatic rings. The highest BCUT2D eigenvalue weighted by atomic mass is 16.2. The molecule has 0 N–H and O–H groups in total. The molecular formula is C22H33N3O. The van der Waals surface area contributed by atoms with Crippen LogP contribution in [0.1, 0.15) is 56.6 Å². The molecule has 0 unspecified atom stereocenters. The highest BCUT2D eigenvalue weighted by Gasteiger charge is 2.19. The van der Waals surface area contributed by atoms with Crippen molar-refractivity contribution in [2.75, 3.05) is 0 Å². The van der Waals surface area contributed by atoms with Crippen molar-refractivity contribution in [3.8, 4) is 0 Å². The van der Waals surface area contributed by atoms with Gasteiger partial charge in [-0.05, 0) is 51.2 Å². The van der Waals surface area contributed by atoms with E-state index in [1.165, 1.54) is 16.8 Å². The van der Waals surface area contributed by atoms with Crippen molar-refractivity contribution in [1.82, 2.24) is 14.7 Å². The molecule has 0 radical (unpaired) electrons. The first-order chi connectivity index (χ1) is 12.3. The van der Waals surface area contributed by atoms with Crippen LogP contribution in [-0.4, -0.2) is 26.6 Å². The van der Waals surface area contributed by atoms with E-state index in [9.17, 15) is 4.79 Å². The summed E-state index contributed by atoms with van der Waals surface area (Å²) in [4.78, 5) is 14.8. The van der Waals surface area contributed by atoms with Crippen LogP contribution in [0.15, 0.2) is 30.3 Å². The van der Waals surface area contributed by atoms with Crippen LogP contribution in [0.2, 0.25) is 0 Å². The van der Waals surface area contributed by atoms with Crippen molar-refractivity contribution < 1.29 is 4.79 Å². The molecule has 0 bridgehead atoms. The Bertz CT molecular complexity index is 716. The van der Waals surface area contributed by atoms with Crippen molar-refractivity contribution in [3.63, 3.8) is 0 Å². The van der Waals surface area contributed by atoms with Crippen LogP contribution >= 0.6 is 0 Å². The molecular weight excluding hydrogens is 322 g/mol. The van der Waals surface area contributed by atoms with E-state index in [4.69, 9.17) is 0 Å². The van der Waals surface area contributed by atoms with Gasteiger partial charge in [0, 0.05) is 31.2 Å². The number of hydrogen-bond donors (Lipinski definition) is 0. The highest BCUT2D eigenvalue weighted by molar-refractivity contribution is 5.76. The third-order valence-corrected chi connectivity index (χ3v) is 4.80. The third-order valence-electron chi connectivity index (χ3n) is 4.80. The Kier molecular flexibility index (Phi) is 7.01. The van der Waals surface area contributed by atoms with Gasteiger partial charge >= 0.3 is 0 Å². The lowest BCUT2D eigenvalue weighted by atomic mass is 10.1. The van der Waals surface area contributed by atoms with Crippen molar-refractivity contribution in [2.45, 2.75) is 73.5 Å². The van der Waals surface area contributed by atoms with Crippen molar-refractivity contribution in [1.29, 1.82) is 0 Å². The normalized spacial score (nSPS) is 11.4. The van der Waals surface area contributed by atoms with E-state index in [1.807, 2.05) is 30.0 Å². The lowest BCUT2D eigenvalue weighted by Crippen LogP contribution is -2.36. The Morgan fingerprint density at radius 2 is 1.77 bits per heavy atom. The summed E-state index contributed by atoms with van der Waals surface area (Å²) >= 11 is 0. The molecule has 1 aromatic heterocycles. The number of carbonyl (C=O) groups excluding carboxylic acids is 1. The van der Waals surface area contributed by atoms with Gasteiger partial charge in [-0.2, -0.15) is 5.10 Å². The van der Waals surface area contributed by atoms with Gasteiger partial charge in [0.2, 0.25) is 5.91 Å². The summed E-state index contributed by atoms with van der Waals surface area (Å²) < 4.78 is 2.09. The zero-order chi connectivity index (χ0) is 19.3. The molecule has 0 saturated heterocycles. The van der Waals surface area contributed by atoms with E-state index in [0.717, 1.165) is 18.7 Å². The smallest absolute Gasteiger partial charge is 0.223 e. The second-order valence-electron chi connectivity index (χ2n) is 7.83. The number of aryl methyl sites for hydroxylation is 1. The average molecular weight is 356 g/mol. The summed E-state index contributed by atoms with van der Waals surface area (Å²) in [5, 5.41) is 4.67. The molecule has 0 aliphatic carbocycles. The fraction of sp³-hybridized carbons (Fsp3) is 0.545. The predicted octanol–water partition coefficient (Wildman–Crippen LogP) is 4.53. The topological polar surface area (TPSA) is 38.1 Å². The Morgan fingerprint density at radius 3 is 2.35 bits per heavy atom. The van der Waals surface area contributed by atoms with Gasteiger partial charge in [0.05, 0.1) is 5.69 Å². The predicted molar refractivity (Wildman–Crippen MR) is 107 cm³/mol. The first-order valence-electron chi connectivity index (χ1n) is 9.65. The summed E-state index contributed by atoms with van der Waals surface area (Å²) in [6.45, 7) is 14.3. The summed E-state index contributed by atoms with van der Waals surface area (Å²) in [7, 11) is 0. The Labute approximate surface area is 158 Å². The molecule has 2 rings (SSSR count). The minimum Gasteiger partial charge on any atom is -0.336 e. The SMILES string of the molecule is Cc1nn(CC(C)C)c(C)c1CCC(=O)N(Cc1ccccc1)C(C)C. The van der Waals surface area contributed by atoms with Crippen LogP contribution in [0, 0.1) is 19.8 Å². The number of aromatic nitrogens is 2. The van der Waals surface area contributed by atoms with Crippen LogP contribution < -0.4 is 0 Å². The fourth-order valence-electron chi connectivity index (χ4n) is 3.33. The molecule has 0 aliphatic heterocycles. The molecule has 142 valence electrons. The second kappa shape index (κ2) is 9.02. The molecule has 26 heavy (non-hydrogen) atoms. The van der Waals surface area contributed by atoms with E-state index in [0.29, 0.717) is 18.9 Å². The Morgan fingerprint density at radius 1 is 1.12 bits per heavy atom. The molecule has 4 nitrogen and oxygen atoms in total. The Hall–Kier alpha value is -2.10. The number of nitrogens with zero attached hydrogens (tertiary/aromatic N) is 3. The van der Waals surface area contributed by atoms with E-state index in [1.54, 1.807) is 0 Å². The highest BCUT2D eigenvalue weighted by Crippen LogP contribution is 2.18. The molecule has 0 fully saturated rings. The van der Waals surface area contributed by atoms with Crippen LogP contribution in [0.4, 0.5) is 0 Å². The van der Waals surface area contributed by atoms with Gasteiger partial charge in [-0.3, -0.25) is 9.48 Å². The van der Waals surface area contributed by atoms with Crippen LogP contribution in [0.5, 0.6) is 0 Å². The van der Waals surface area contributed by atoms with Gasteiger partial charge in [0.1, 0.15) is 0 Å². The lowest BCUT2D eigenvalue weighted by molar-refractivity contribution is -0.133. The molecule has 4 heteroatoms. The number of hydrogen-bond acceptors (Lipinski definition) is 2. The largest absolute Gasteiger partial charge is 0.336 e. The monoisotopic (exact) mass is 355 g/mol. The molecule has 0 spiro atoms. The third kappa shape index (κ3) is 5.20. The first-order valence-corrected chi connectivity index (χ1v) is 9.65. The fourth-order valence-corrected chi connectivity index (χ4v) is 3.33. The van der Waals surface area contributed by atoms with Gasteiger partial charge in [-0.15, -0.1) is 0 Å². The summed E-state index contributed by atoms with van der Waals surface area (Å²) in [5.41, 5.74) is 4.65. The zero-order valence-corrected chi connectivity index (χ0v) is 17.1. The minimum atomic E-state index is 0.188. The number of amides is 1. The van der Waals surface area contributed by atoms with Crippen LogP contribution in [0.3, 0.4) is 0 Å². The lowest BCUT2D eigenvalue weighted by Gasteiger charge is -2.27. The van der Waals surface area contributed by atoms with Gasteiger partial charge < -0.3 is 4.90 Å². The van der Waals surface area contributed by atoms with Gasteiger partial charge in [0.15, 0.2) is 0 Å². The molecule has 1 aromatic carbocycles. The van der Waals surface area contributed by atoms with Crippen molar-refractivity contribution in [2.24, 2.45) is 5.92 Å². The average Bonchev–Trinajstić information content (AvgIpc) is 2.84. The van der Waals surface area contributed by atoms with E-state index in [2.05, 4.69) is 56.5 Å². The van der Waals surface area contributed by atoms with Gasteiger partial charge in [-0.1, -0.05) is 44.2 Å². The number of rotatable bonds is 8. The summed E-state index contributed by atoms with van der Waals surface area (Å²) in [6, 6.07) is 10.4. The maximum Gasteiger partial charge on any atom is 0.223 e. The van der Waals surface area contributed by atoms with E-state index < -0.39 is 0 Å². The van der Waals surface area contributed by atoms with Crippen LogP contribution in [-0.2, 0) is 24.3 Å². The first kappa shape index (κ1) is 20.2. The quantitative estimate of drug-likeness (QED) is 0.698. The maximum atomic E-state index is 12.9. The van der Waals surface area contributed by atoms with Crippen LogP contribution in [0.25, 0.3) is 0 Å². The molecule has 2 aromatic rings. The van der Waals surface area contributed by atoms with Gasteiger partial charge in [0.25, 0.3) is 0 Å². The minimum absolute atomic E-state index is 0.188. The summed E-state index contributed by atoms with van der Waals surface area (Å²) in [6.07, 6.45) is 1.28. The molecule has 1 amide bonds. The maximum absolute atomic E-state index is 12.9.